The highest BCUT2D eigenvalue weighted by Crippen LogP contribution is 2.37. The summed E-state index contributed by atoms with van der Waals surface area (Å²) in [5, 5.41) is 24.1. The van der Waals surface area contributed by atoms with Crippen LogP contribution in [-0.2, 0) is 4.79 Å². The van der Waals surface area contributed by atoms with Gasteiger partial charge in [0.15, 0.2) is 0 Å². The fourth-order valence-electron chi connectivity index (χ4n) is 3.85. The van der Waals surface area contributed by atoms with E-state index in [-0.39, 0.29) is 11.7 Å². The minimum Gasteiger partial charge on any atom is -0.507 e. The summed E-state index contributed by atoms with van der Waals surface area (Å²) < 4.78 is 0. The fraction of sp³-hybridized carbons (Fsp3) is 0.0769. The zero-order valence-electron chi connectivity index (χ0n) is 17.7. The largest absolute Gasteiger partial charge is 0.507 e. The van der Waals surface area contributed by atoms with Crippen molar-refractivity contribution < 1.29 is 9.90 Å². The molecule has 7 heteroatoms. The second-order valence-corrected chi connectivity index (χ2v) is 8.08. The van der Waals surface area contributed by atoms with Crippen LogP contribution in [0.4, 0.5) is 17.1 Å². The Hall–Kier alpha value is -4.03. The van der Waals surface area contributed by atoms with Crippen LogP contribution in [0.2, 0.25) is 5.02 Å². The summed E-state index contributed by atoms with van der Waals surface area (Å²) in [6, 6.07) is 23.0. The number of aromatic hydroxyl groups is 1. The van der Waals surface area contributed by atoms with Crippen LogP contribution in [0.25, 0.3) is 10.8 Å². The molecule has 0 aromatic heterocycles. The maximum absolute atomic E-state index is 12.6. The zero-order chi connectivity index (χ0) is 22.9. The van der Waals surface area contributed by atoms with Gasteiger partial charge in [-0.1, -0.05) is 60.1 Å². The Bertz CT molecular complexity index is 1460. The second-order valence-electron chi connectivity index (χ2n) is 7.67. The van der Waals surface area contributed by atoms with Gasteiger partial charge in [0.25, 0.3) is 0 Å². The van der Waals surface area contributed by atoms with Crippen LogP contribution < -0.4 is 5.32 Å². The number of carbonyl (C=O) groups is 1. The molecule has 0 radical (unpaired) electrons. The van der Waals surface area contributed by atoms with Gasteiger partial charge < -0.3 is 10.4 Å². The van der Waals surface area contributed by atoms with E-state index in [4.69, 9.17) is 16.6 Å². The predicted octanol–water partition coefficient (Wildman–Crippen LogP) is 6.79. The first-order chi connectivity index (χ1) is 16.0. The molecule has 1 atom stereocenters. The van der Waals surface area contributed by atoms with Crippen molar-refractivity contribution in [3.63, 3.8) is 0 Å². The summed E-state index contributed by atoms with van der Waals surface area (Å²) in [6.45, 7) is 1.74. The molecule has 0 bridgehead atoms. The summed E-state index contributed by atoms with van der Waals surface area (Å²) in [6.07, 6.45) is 0. The summed E-state index contributed by atoms with van der Waals surface area (Å²) in [5.41, 5.74) is 3.68. The molecule has 0 fully saturated rings. The lowest BCUT2D eigenvalue weighted by molar-refractivity contribution is -0.116. The van der Waals surface area contributed by atoms with Gasteiger partial charge in [-0.05, 0) is 37.3 Å². The van der Waals surface area contributed by atoms with Crippen molar-refractivity contribution in [3.8, 4) is 5.75 Å². The summed E-state index contributed by atoms with van der Waals surface area (Å²) in [4.78, 5) is 17.3. The van der Waals surface area contributed by atoms with Gasteiger partial charge in [0.2, 0.25) is 5.91 Å². The van der Waals surface area contributed by atoms with E-state index in [0.717, 1.165) is 5.39 Å². The van der Waals surface area contributed by atoms with E-state index in [1.165, 1.54) is 0 Å². The molecule has 0 saturated carbocycles. The van der Waals surface area contributed by atoms with Gasteiger partial charge in [0.05, 0.1) is 28.3 Å². The van der Waals surface area contributed by atoms with E-state index in [1.54, 1.807) is 25.1 Å². The van der Waals surface area contributed by atoms with Gasteiger partial charge in [-0.15, -0.1) is 10.2 Å². The van der Waals surface area contributed by atoms with Crippen LogP contribution in [0.1, 0.15) is 18.1 Å². The smallest absolute Gasteiger partial charge is 0.248 e. The number of anilines is 1. The Morgan fingerprint density at radius 2 is 1.61 bits per heavy atom. The van der Waals surface area contributed by atoms with Crippen molar-refractivity contribution >= 4 is 51.1 Å². The van der Waals surface area contributed by atoms with Crippen LogP contribution in [-0.4, -0.2) is 22.8 Å². The number of phenols is 1. The van der Waals surface area contributed by atoms with Gasteiger partial charge in [0.1, 0.15) is 11.8 Å². The van der Waals surface area contributed by atoms with Crippen LogP contribution in [0.15, 0.2) is 94.1 Å². The molecule has 4 aromatic rings. The highest BCUT2D eigenvalue weighted by molar-refractivity contribution is 6.36. The summed E-state index contributed by atoms with van der Waals surface area (Å²) >= 11 is 6.50. The van der Waals surface area contributed by atoms with Crippen molar-refractivity contribution in [1.82, 2.24) is 0 Å². The Labute approximate surface area is 195 Å². The number of rotatable bonds is 3. The van der Waals surface area contributed by atoms with Crippen molar-refractivity contribution in [2.45, 2.75) is 13.0 Å². The van der Waals surface area contributed by atoms with Crippen molar-refractivity contribution in [2.24, 2.45) is 15.2 Å². The number of fused-ring (bicyclic) bond motifs is 2. The van der Waals surface area contributed by atoms with Gasteiger partial charge in [0, 0.05) is 21.4 Å². The number of hydrogen-bond acceptors (Lipinski definition) is 5. The fourth-order valence-corrected chi connectivity index (χ4v) is 4.08. The average Bonchev–Trinajstić information content (AvgIpc) is 2.95. The van der Waals surface area contributed by atoms with Gasteiger partial charge >= 0.3 is 0 Å². The topological polar surface area (TPSA) is 86.4 Å². The molecular weight excluding hydrogens is 436 g/mol. The number of nitrogens with zero attached hydrogens (tertiary/aromatic N) is 3. The molecule has 6 nitrogen and oxygen atoms in total. The maximum atomic E-state index is 12.6. The van der Waals surface area contributed by atoms with Gasteiger partial charge in [-0.2, -0.15) is 0 Å². The van der Waals surface area contributed by atoms with E-state index in [1.807, 2.05) is 60.7 Å². The number of nitrogens with one attached hydrogen (secondary N) is 1. The minimum absolute atomic E-state index is 0.183. The zero-order valence-corrected chi connectivity index (χ0v) is 18.4. The first kappa shape index (κ1) is 20.8. The molecule has 0 aliphatic carbocycles. The number of aliphatic imine (C=N–C) groups is 1. The first-order valence-corrected chi connectivity index (χ1v) is 10.8. The standard InChI is InChI=1S/C26H19ClN4O2/c1-15-26(33)29-21-11-6-12-22(24(21)25(28-15)18-9-4-5-10-19(18)27)31-30-20-13-14-23(32)17-8-3-2-7-16(17)20/h2-15,32H,1H3,(H,29,33). The summed E-state index contributed by atoms with van der Waals surface area (Å²) in [7, 11) is 0. The lowest BCUT2D eigenvalue weighted by Crippen LogP contribution is -2.22. The molecule has 1 amide bonds. The SMILES string of the molecule is CC1N=C(c2ccccc2Cl)c2c(N=Nc3ccc(O)c4ccccc34)cccc2NC1=O. The number of benzene rings is 4. The number of amides is 1. The van der Waals surface area contributed by atoms with E-state index in [2.05, 4.69) is 15.5 Å². The van der Waals surface area contributed by atoms with Crippen LogP contribution in [0.5, 0.6) is 5.75 Å². The summed E-state index contributed by atoms with van der Waals surface area (Å²) in [5.74, 6) is -0.0279. The molecule has 1 aliphatic heterocycles. The quantitative estimate of drug-likeness (QED) is 0.334. The molecule has 4 aromatic carbocycles. The number of phenolic OH excluding ortho intramolecular Hbond substituents is 1. The molecule has 2 N–H and O–H groups in total. The highest BCUT2D eigenvalue weighted by atomic mass is 35.5. The minimum atomic E-state index is -0.602. The first-order valence-electron chi connectivity index (χ1n) is 10.4. The molecule has 0 spiro atoms. The molecule has 5 rings (SSSR count). The van der Waals surface area contributed by atoms with Gasteiger partial charge in [-0.3, -0.25) is 9.79 Å². The second kappa shape index (κ2) is 8.48. The Morgan fingerprint density at radius 3 is 2.42 bits per heavy atom. The van der Waals surface area contributed by atoms with Crippen LogP contribution in [0.3, 0.4) is 0 Å². The van der Waals surface area contributed by atoms with Crippen molar-refractivity contribution in [3.05, 3.63) is 95.0 Å². The molecule has 1 aliphatic rings. The Balaban J connectivity index is 1.69. The van der Waals surface area contributed by atoms with Crippen molar-refractivity contribution in [2.75, 3.05) is 5.32 Å². The Kier molecular flexibility index (Phi) is 5.36. The highest BCUT2D eigenvalue weighted by Gasteiger charge is 2.26. The number of benzodiazepines with no additional fused rings is 1. The molecule has 0 saturated heterocycles. The number of halogens is 1. The average molecular weight is 455 g/mol. The lowest BCUT2D eigenvalue weighted by Gasteiger charge is -2.13. The van der Waals surface area contributed by atoms with E-state index in [0.29, 0.717) is 44.3 Å². The van der Waals surface area contributed by atoms with E-state index in [9.17, 15) is 9.90 Å². The molecule has 1 heterocycles. The Morgan fingerprint density at radius 1 is 0.879 bits per heavy atom. The molecule has 162 valence electrons. The number of carbonyl (C=O) groups excluding carboxylic acids is 1. The van der Waals surface area contributed by atoms with Gasteiger partial charge in [-0.25, -0.2) is 0 Å². The lowest BCUT2D eigenvalue weighted by atomic mass is 9.99. The predicted molar refractivity (Wildman–Crippen MR) is 131 cm³/mol. The van der Waals surface area contributed by atoms with Crippen LogP contribution >= 0.6 is 11.6 Å². The number of hydrogen-bond donors (Lipinski definition) is 2. The third-order valence-electron chi connectivity index (χ3n) is 5.51. The van der Waals surface area contributed by atoms with E-state index < -0.39 is 6.04 Å². The molecule has 33 heavy (non-hydrogen) atoms. The van der Waals surface area contributed by atoms with E-state index >= 15 is 0 Å². The number of azo groups is 1. The normalized spacial score (nSPS) is 15.8. The third-order valence-corrected chi connectivity index (χ3v) is 5.84. The van der Waals surface area contributed by atoms with Crippen molar-refractivity contribution in [1.29, 1.82) is 0 Å². The molecular formula is C26H19ClN4O2. The monoisotopic (exact) mass is 454 g/mol. The molecule has 1 unspecified atom stereocenters. The maximum Gasteiger partial charge on any atom is 0.248 e. The third kappa shape index (κ3) is 3.85. The van der Waals surface area contributed by atoms with Crippen LogP contribution in [0, 0.1) is 0 Å².